The first-order valence-corrected chi connectivity index (χ1v) is 11.7. The molecule has 6 heteroatoms. The number of rotatable bonds is 8. The van der Waals surface area contributed by atoms with Crippen molar-refractivity contribution in [3.8, 4) is 17.2 Å². The number of nitrogens with zero attached hydrogens (tertiary/aromatic N) is 2. The number of carbonyl (C=O) groups excluding carboxylic acids is 1. The molecule has 1 heterocycles. The van der Waals surface area contributed by atoms with Gasteiger partial charge in [-0.15, -0.1) is 0 Å². The fraction of sp³-hybridized carbons (Fsp3) is 0.321. The number of amides is 1. The van der Waals surface area contributed by atoms with E-state index in [4.69, 9.17) is 14.2 Å². The van der Waals surface area contributed by atoms with E-state index in [2.05, 4.69) is 17.0 Å². The summed E-state index contributed by atoms with van der Waals surface area (Å²) in [5.74, 6) is 2.42. The fourth-order valence-electron chi connectivity index (χ4n) is 4.06. The van der Waals surface area contributed by atoms with Crippen molar-refractivity contribution >= 4 is 11.6 Å². The van der Waals surface area contributed by atoms with Crippen LogP contribution in [0, 0.1) is 6.92 Å². The third kappa shape index (κ3) is 5.63. The molecule has 1 fully saturated rings. The maximum atomic E-state index is 13.3. The summed E-state index contributed by atoms with van der Waals surface area (Å²) in [6, 6.07) is 21.6. The number of ether oxygens (including phenoxy) is 3. The number of methoxy groups -OCH3 is 1. The van der Waals surface area contributed by atoms with Gasteiger partial charge in [0.05, 0.1) is 13.7 Å². The lowest BCUT2D eigenvalue weighted by Crippen LogP contribution is -2.48. The molecule has 0 N–H and O–H groups in total. The van der Waals surface area contributed by atoms with Crippen LogP contribution in [0.5, 0.6) is 17.2 Å². The van der Waals surface area contributed by atoms with E-state index in [9.17, 15) is 4.79 Å². The lowest BCUT2D eigenvalue weighted by atomic mass is 10.1. The highest BCUT2D eigenvalue weighted by Gasteiger charge is 2.23. The maximum absolute atomic E-state index is 13.3. The molecule has 178 valence electrons. The van der Waals surface area contributed by atoms with Crippen LogP contribution in [-0.2, 0) is 6.61 Å². The number of anilines is 1. The Balaban J connectivity index is 1.41. The summed E-state index contributed by atoms with van der Waals surface area (Å²) in [7, 11) is 1.67. The minimum absolute atomic E-state index is 0.0361. The summed E-state index contributed by atoms with van der Waals surface area (Å²) < 4.78 is 17.0. The molecule has 0 bridgehead atoms. The van der Waals surface area contributed by atoms with Crippen LogP contribution in [0.15, 0.2) is 66.7 Å². The molecular weight excluding hydrogens is 428 g/mol. The molecule has 0 aliphatic carbocycles. The van der Waals surface area contributed by atoms with Gasteiger partial charge in [0.25, 0.3) is 5.91 Å². The zero-order chi connectivity index (χ0) is 23.9. The number of hydrogen-bond donors (Lipinski definition) is 0. The molecule has 3 aromatic rings. The highest BCUT2D eigenvalue weighted by atomic mass is 16.5. The fourth-order valence-corrected chi connectivity index (χ4v) is 4.06. The van der Waals surface area contributed by atoms with Gasteiger partial charge < -0.3 is 24.0 Å². The molecule has 0 saturated carbocycles. The number of benzene rings is 3. The molecule has 1 amide bonds. The Morgan fingerprint density at radius 2 is 1.53 bits per heavy atom. The number of aryl methyl sites for hydroxylation is 1. The first-order chi connectivity index (χ1) is 16.6. The monoisotopic (exact) mass is 460 g/mol. The van der Waals surface area contributed by atoms with Crippen molar-refractivity contribution in [3.05, 3.63) is 83.4 Å². The molecule has 6 nitrogen and oxygen atoms in total. The van der Waals surface area contributed by atoms with Crippen molar-refractivity contribution in [1.82, 2.24) is 4.90 Å². The van der Waals surface area contributed by atoms with Crippen LogP contribution in [0.4, 0.5) is 5.69 Å². The van der Waals surface area contributed by atoms with Crippen molar-refractivity contribution in [2.45, 2.75) is 20.5 Å². The SMILES string of the molecule is CCOc1ccc(C(=O)N2CCN(c3ccc(OC)cc3)CC2)cc1COc1ccc(C)cc1. The van der Waals surface area contributed by atoms with Crippen molar-refractivity contribution in [2.75, 3.05) is 44.8 Å². The Bertz CT molecular complexity index is 1090. The van der Waals surface area contributed by atoms with Crippen LogP contribution in [0.3, 0.4) is 0 Å². The second-order valence-electron chi connectivity index (χ2n) is 8.33. The van der Waals surface area contributed by atoms with Crippen molar-refractivity contribution in [2.24, 2.45) is 0 Å². The number of hydrogen-bond acceptors (Lipinski definition) is 5. The van der Waals surface area contributed by atoms with E-state index < -0.39 is 0 Å². The summed E-state index contributed by atoms with van der Waals surface area (Å²) in [5.41, 5.74) is 3.85. The number of carbonyl (C=O) groups is 1. The largest absolute Gasteiger partial charge is 0.497 e. The third-order valence-corrected chi connectivity index (χ3v) is 6.03. The van der Waals surface area contributed by atoms with Gasteiger partial charge in [-0.3, -0.25) is 4.79 Å². The van der Waals surface area contributed by atoms with E-state index in [0.717, 1.165) is 41.6 Å². The van der Waals surface area contributed by atoms with Gasteiger partial charge in [-0.2, -0.15) is 0 Å². The number of piperazine rings is 1. The standard InChI is InChI=1S/C28H32N2O4/c1-4-33-27-14-7-22(19-23(27)20-34-26-10-5-21(2)6-11-26)28(31)30-17-15-29(16-18-30)24-8-12-25(32-3)13-9-24/h5-14,19H,4,15-18,20H2,1-3H3. The van der Waals surface area contributed by atoms with Crippen LogP contribution in [0.25, 0.3) is 0 Å². The molecule has 1 aliphatic rings. The molecule has 1 aliphatic heterocycles. The molecule has 0 aromatic heterocycles. The topological polar surface area (TPSA) is 51.2 Å². The molecule has 34 heavy (non-hydrogen) atoms. The smallest absolute Gasteiger partial charge is 0.253 e. The Morgan fingerprint density at radius 3 is 2.18 bits per heavy atom. The summed E-state index contributed by atoms with van der Waals surface area (Å²) in [6.45, 7) is 7.81. The van der Waals surface area contributed by atoms with Gasteiger partial charge in [-0.25, -0.2) is 0 Å². The van der Waals surface area contributed by atoms with Crippen molar-refractivity contribution in [1.29, 1.82) is 0 Å². The predicted molar refractivity (Wildman–Crippen MR) is 134 cm³/mol. The molecule has 0 spiro atoms. The van der Waals surface area contributed by atoms with Crippen LogP contribution >= 0.6 is 0 Å². The molecule has 0 atom stereocenters. The van der Waals surface area contributed by atoms with Crippen LogP contribution in [0.2, 0.25) is 0 Å². The lowest BCUT2D eigenvalue weighted by Gasteiger charge is -2.36. The average Bonchev–Trinajstić information content (AvgIpc) is 2.89. The van der Waals surface area contributed by atoms with Crippen LogP contribution < -0.4 is 19.1 Å². The van der Waals surface area contributed by atoms with Crippen LogP contribution in [0.1, 0.15) is 28.4 Å². The summed E-state index contributed by atoms with van der Waals surface area (Å²) >= 11 is 0. The van der Waals surface area contributed by atoms with Gasteiger partial charge in [0.1, 0.15) is 23.9 Å². The molecule has 1 saturated heterocycles. The first-order valence-electron chi connectivity index (χ1n) is 11.7. The Labute approximate surface area is 201 Å². The minimum atomic E-state index is 0.0361. The first kappa shape index (κ1) is 23.5. The Morgan fingerprint density at radius 1 is 0.853 bits per heavy atom. The molecular formula is C28H32N2O4. The van der Waals surface area contributed by atoms with E-state index in [1.165, 1.54) is 5.56 Å². The van der Waals surface area contributed by atoms with Gasteiger partial charge >= 0.3 is 0 Å². The quantitative estimate of drug-likeness (QED) is 0.476. The van der Waals surface area contributed by atoms with E-state index >= 15 is 0 Å². The highest BCUT2D eigenvalue weighted by Crippen LogP contribution is 2.25. The Kier molecular flexibility index (Phi) is 7.58. The summed E-state index contributed by atoms with van der Waals surface area (Å²) in [4.78, 5) is 17.5. The molecule has 4 rings (SSSR count). The predicted octanol–water partition coefficient (Wildman–Crippen LogP) is 4.94. The van der Waals surface area contributed by atoms with E-state index in [1.807, 2.05) is 73.3 Å². The lowest BCUT2D eigenvalue weighted by molar-refractivity contribution is 0.0746. The third-order valence-electron chi connectivity index (χ3n) is 6.03. The zero-order valence-corrected chi connectivity index (χ0v) is 20.1. The maximum Gasteiger partial charge on any atom is 0.253 e. The molecule has 0 radical (unpaired) electrons. The highest BCUT2D eigenvalue weighted by molar-refractivity contribution is 5.94. The second-order valence-corrected chi connectivity index (χ2v) is 8.33. The normalized spacial score (nSPS) is 13.5. The van der Waals surface area contributed by atoms with Crippen LogP contribution in [-0.4, -0.2) is 50.7 Å². The van der Waals surface area contributed by atoms with Crippen molar-refractivity contribution in [3.63, 3.8) is 0 Å². The van der Waals surface area contributed by atoms with Gasteiger partial charge in [0.2, 0.25) is 0 Å². The second kappa shape index (κ2) is 11.0. The summed E-state index contributed by atoms with van der Waals surface area (Å²) in [5, 5.41) is 0. The van der Waals surface area contributed by atoms with Gasteiger partial charge in [-0.05, 0) is 68.4 Å². The van der Waals surface area contributed by atoms with E-state index in [-0.39, 0.29) is 5.91 Å². The minimum Gasteiger partial charge on any atom is -0.497 e. The summed E-state index contributed by atoms with van der Waals surface area (Å²) in [6.07, 6.45) is 0. The Hall–Kier alpha value is -3.67. The zero-order valence-electron chi connectivity index (χ0n) is 20.1. The van der Waals surface area contributed by atoms with E-state index in [0.29, 0.717) is 31.9 Å². The van der Waals surface area contributed by atoms with Crippen molar-refractivity contribution < 1.29 is 19.0 Å². The van der Waals surface area contributed by atoms with E-state index in [1.54, 1.807) is 7.11 Å². The molecule has 0 unspecified atom stereocenters. The van der Waals surface area contributed by atoms with Gasteiger partial charge in [0, 0.05) is 43.0 Å². The van der Waals surface area contributed by atoms with Gasteiger partial charge in [-0.1, -0.05) is 17.7 Å². The molecule has 3 aromatic carbocycles. The average molecular weight is 461 g/mol. The van der Waals surface area contributed by atoms with Gasteiger partial charge in [0.15, 0.2) is 0 Å².